The van der Waals surface area contributed by atoms with Crippen LogP contribution in [0.25, 0.3) is 10.8 Å². The minimum atomic E-state index is -0.375. The molecule has 7 nitrogen and oxygen atoms in total. The predicted octanol–water partition coefficient (Wildman–Crippen LogP) is 3.74. The van der Waals surface area contributed by atoms with Crippen molar-refractivity contribution in [2.75, 3.05) is 5.32 Å². The van der Waals surface area contributed by atoms with Gasteiger partial charge in [0.1, 0.15) is 0 Å². The van der Waals surface area contributed by atoms with Gasteiger partial charge >= 0.3 is 0 Å². The van der Waals surface area contributed by atoms with Crippen LogP contribution in [0.3, 0.4) is 0 Å². The summed E-state index contributed by atoms with van der Waals surface area (Å²) < 4.78 is 1.18. The number of benzene rings is 2. The molecule has 0 unspecified atom stereocenters. The number of fused-ring (bicyclic) bond motifs is 1. The number of carbonyl (C=O) groups is 1. The number of aromatic nitrogens is 4. The van der Waals surface area contributed by atoms with Crippen LogP contribution in [0.1, 0.15) is 21.9 Å². The number of nitrogens with zero attached hydrogens (tertiary/aromatic N) is 4. The standard InChI is InChI=1S/C22H19N5O2S/c1-13-12-14(2)24-22(23-13)30-16-10-8-15(9-11-16)25-20(28)19-17-6-4-5-7-18(17)21(29)27(3)26-19/h4-12H,1-3H3,(H,25,28). The van der Waals surface area contributed by atoms with E-state index in [2.05, 4.69) is 20.4 Å². The number of rotatable bonds is 4. The van der Waals surface area contributed by atoms with Crippen LogP contribution < -0.4 is 10.9 Å². The summed E-state index contributed by atoms with van der Waals surface area (Å²) in [4.78, 5) is 34.9. The zero-order chi connectivity index (χ0) is 21.3. The Labute approximate surface area is 177 Å². The molecule has 2 aromatic carbocycles. The molecular formula is C22H19N5O2S. The van der Waals surface area contributed by atoms with E-state index in [4.69, 9.17) is 0 Å². The van der Waals surface area contributed by atoms with Gasteiger partial charge in [0, 0.05) is 34.4 Å². The van der Waals surface area contributed by atoms with Crippen molar-refractivity contribution in [3.05, 3.63) is 82.0 Å². The van der Waals surface area contributed by atoms with Crippen molar-refractivity contribution in [2.24, 2.45) is 7.05 Å². The summed E-state index contributed by atoms with van der Waals surface area (Å²) >= 11 is 1.46. The Balaban J connectivity index is 1.55. The molecule has 0 fully saturated rings. The van der Waals surface area contributed by atoms with E-state index in [0.29, 0.717) is 21.6 Å². The topological polar surface area (TPSA) is 89.8 Å². The number of hydrogen-bond donors (Lipinski definition) is 1. The molecule has 4 rings (SSSR count). The van der Waals surface area contributed by atoms with E-state index in [1.54, 1.807) is 24.3 Å². The van der Waals surface area contributed by atoms with Gasteiger partial charge in [0.15, 0.2) is 10.9 Å². The van der Waals surface area contributed by atoms with E-state index in [-0.39, 0.29) is 17.2 Å². The second-order valence-electron chi connectivity index (χ2n) is 6.84. The maximum Gasteiger partial charge on any atom is 0.276 e. The van der Waals surface area contributed by atoms with Gasteiger partial charge in [0.2, 0.25) is 0 Å². The molecular weight excluding hydrogens is 398 g/mol. The van der Waals surface area contributed by atoms with Crippen LogP contribution in [0, 0.1) is 13.8 Å². The zero-order valence-electron chi connectivity index (χ0n) is 16.7. The molecule has 0 atom stereocenters. The fourth-order valence-electron chi connectivity index (χ4n) is 3.11. The Hall–Kier alpha value is -3.52. The highest BCUT2D eigenvalue weighted by Gasteiger charge is 2.15. The maximum atomic E-state index is 12.8. The van der Waals surface area contributed by atoms with Crippen LogP contribution in [0.2, 0.25) is 0 Å². The molecule has 0 saturated carbocycles. The van der Waals surface area contributed by atoms with Crippen LogP contribution in [0.4, 0.5) is 5.69 Å². The van der Waals surface area contributed by atoms with Crippen molar-refractivity contribution in [2.45, 2.75) is 23.9 Å². The Morgan fingerprint density at radius 3 is 2.27 bits per heavy atom. The summed E-state index contributed by atoms with van der Waals surface area (Å²) in [6.45, 7) is 3.88. The second kappa shape index (κ2) is 8.08. The van der Waals surface area contributed by atoms with Gasteiger partial charge in [-0.25, -0.2) is 14.6 Å². The third-order valence-electron chi connectivity index (χ3n) is 4.45. The molecule has 2 heterocycles. The highest BCUT2D eigenvalue weighted by atomic mass is 32.2. The maximum absolute atomic E-state index is 12.8. The quantitative estimate of drug-likeness (QED) is 0.509. The van der Waals surface area contributed by atoms with Gasteiger partial charge in [-0.15, -0.1) is 0 Å². The number of anilines is 1. The first-order chi connectivity index (χ1) is 14.4. The summed E-state index contributed by atoms with van der Waals surface area (Å²) in [5, 5.41) is 8.68. The number of aryl methyl sites for hydroxylation is 3. The molecule has 0 aliphatic carbocycles. The molecule has 1 amide bonds. The van der Waals surface area contributed by atoms with Crippen molar-refractivity contribution < 1.29 is 4.79 Å². The SMILES string of the molecule is Cc1cc(C)nc(Sc2ccc(NC(=O)c3nn(C)c(=O)c4ccccc34)cc2)n1. The van der Waals surface area contributed by atoms with E-state index in [1.807, 2.05) is 44.2 Å². The fourth-order valence-corrected chi connectivity index (χ4v) is 3.97. The lowest BCUT2D eigenvalue weighted by Crippen LogP contribution is -2.25. The first-order valence-electron chi connectivity index (χ1n) is 9.28. The Morgan fingerprint density at radius 2 is 1.60 bits per heavy atom. The van der Waals surface area contributed by atoms with E-state index in [9.17, 15) is 9.59 Å². The summed E-state index contributed by atoms with van der Waals surface area (Å²) in [6, 6.07) is 16.3. The number of carbonyl (C=O) groups excluding carboxylic acids is 1. The minimum absolute atomic E-state index is 0.204. The third kappa shape index (κ3) is 4.08. The van der Waals surface area contributed by atoms with Gasteiger partial charge in [-0.3, -0.25) is 9.59 Å². The van der Waals surface area contributed by atoms with Crippen LogP contribution in [-0.4, -0.2) is 25.7 Å². The molecule has 0 aliphatic heterocycles. The number of amides is 1. The molecule has 8 heteroatoms. The monoisotopic (exact) mass is 417 g/mol. The van der Waals surface area contributed by atoms with Gasteiger partial charge in [0.05, 0.1) is 5.39 Å². The molecule has 1 N–H and O–H groups in total. The van der Waals surface area contributed by atoms with Crippen molar-refractivity contribution in [3.8, 4) is 0 Å². The summed E-state index contributed by atoms with van der Waals surface area (Å²) in [7, 11) is 1.53. The molecule has 0 aliphatic rings. The van der Waals surface area contributed by atoms with Crippen molar-refractivity contribution in [1.29, 1.82) is 0 Å². The third-order valence-corrected chi connectivity index (χ3v) is 5.33. The van der Waals surface area contributed by atoms with Gasteiger partial charge in [-0.05, 0) is 62.0 Å². The highest BCUT2D eigenvalue weighted by Crippen LogP contribution is 2.26. The normalized spacial score (nSPS) is 10.9. The van der Waals surface area contributed by atoms with E-state index in [0.717, 1.165) is 16.3 Å². The molecule has 0 radical (unpaired) electrons. The van der Waals surface area contributed by atoms with Crippen molar-refractivity contribution in [3.63, 3.8) is 0 Å². The van der Waals surface area contributed by atoms with Gasteiger partial charge < -0.3 is 5.32 Å². The smallest absolute Gasteiger partial charge is 0.276 e. The fraction of sp³-hybridized carbons (Fsp3) is 0.136. The average Bonchev–Trinajstić information content (AvgIpc) is 2.71. The van der Waals surface area contributed by atoms with Crippen molar-refractivity contribution >= 4 is 34.1 Å². The lowest BCUT2D eigenvalue weighted by atomic mass is 10.1. The molecule has 0 saturated heterocycles. The average molecular weight is 417 g/mol. The van der Waals surface area contributed by atoms with Crippen LogP contribution in [0.5, 0.6) is 0 Å². The number of nitrogens with one attached hydrogen (secondary N) is 1. The Kier molecular flexibility index (Phi) is 5.33. The van der Waals surface area contributed by atoms with Crippen LogP contribution in [0.15, 0.2) is 69.4 Å². The van der Waals surface area contributed by atoms with E-state index >= 15 is 0 Å². The molecule has 0 bridgehead atoms. The summed E-state index contributed by atoms with van der Waals surface area (Å²) in [5.41, 5.74) is 2.44. The Morgan fingerprint density at radius 1 is 0.967 bits per heavy atom. The van der Waals surface area contributed by atoms with Crippen LogP contribution in [-0.2, 0) is 7.05 Å². The van der Waals surface area contributed by atoms with Gasteiger partial charge in [-0.2, -0.15) is 5.10 Å². The molecule has 0 spiro atoms. The number of hydrogen-bond acceptors (Lipinski definition) is 6. The largest absolute Gasteiger partial charge is 0.321 e. The predicted molar refractivity (Wildman–Crippen MR) is 117 cm³/mol. The van der Waals surface area contributed by atoms with Gasteiger partial charge in [0.25, 0.3) is 11.5 Å². The zero-order valence-corrected chi connectivity index (χ0v) is 17.5. The molecule has 4 aromatic rings. The second-order valence-corrected chi connectivity index (χ2v) is 7.88. The van der Waals surface area contributed by atoms with Crippen molar-refractivity contribution in [1.82, 2.24) is 19.7 Å². The van der Waals surface area contributed by atoms with E-state index < -0.39 is 0 Å². The summed E-state index contributed by atoms with van der Waals surface area (Å²) in [5.74, 6) is -0.375. The molecule has 150 valence electrons. The van der Waals surface area contributed by atoms with E-state index in [1.165, 1.54) is 23.5 Å². The van der Waals surface area contributed by atoms with Crippen LogP contribution >= 0.6 is 11.8 Å². The molecule has 2 aromatic heterocycles. The Bertz CT molecular complexity index is 1300. The first-order valence-corrected chi connectivity index (χ1v) is 10.1. The first kappa shape index (κ1) is 19.8. The summed E-state index contributed by atoms with van der Waals surface area (Å²) in [6.07, 6.45) is 0. The minimum Gasteiger partial charge on any atom is -0.321 e. The molecule has 30 heavy (non-hydrogen) atoms. The van der Waals surface area contributed by atoms with Gasteiger partial charge in [-0.1, -0.05) is 18.2 Å². The highest BCUT2D eigenvalue weighted by molar-refractivity contribution is 7.99. The lowest BCUT2D eigenvalue weighted by molar-refractivity contribution is 0.102. The lowest BCUT2D eigenvalue weighted by Gasteiger charge is -2.09.